The SMILES string of the molecule is CCCC1=C(C)CCC(C)(C)C1. The summed E-state index contributed by atoms with van der Waals surface area (Å²) in [4.78, 5) is 0. The van der Waals surface area contributed by atoms with Crippen molar-refractivity contribution in [2.24, 2.45) is 5.41 Å². The van der Waals surface area contributed by atoms with Gasteiger partial charge in [-0.25, -0.2) is 0 Å². The van der Waals surface area contributed by atoms with Crippen molar-refractivity contribution in [2.45, 2.75) is 59.8 Å². The molecule has 0 aromatic carbocycles. The average Bonchev–Trinajstić information content (AvgIpc) is 1.97. The summed E-state index contributed by atoms with van der Waals surface area (Å²) in [7, 11) is 0. The second-order valence-corrected chi connectivity index (χ2v) is 4.97. The molecule has 0 fully saturated rings. The Morgan fingerprint density at radius 1 is 1.33 bits per heavy atom. The van der Waals surface area contributed by atoms with Gasteiger partial charge in [-0.05, 0) is 38.0 Å². The van der Waals surface area contributed by atoms with E-state index in [0.29, 0.717) is 5.41 Å². The molecule has 0 nitrogen and oxygen atoms in total. The Bertz CT molecular complexity index is 184. The van der Waals surface area contributed by atoms with Gasteiger partial charge in [0.25, 0.3) is 0 Å². The number of allylic oxidation sites excluding steroid dienone is 2. The summed E-state index contributed by atoms with van der Waals surface area (Å²) >= 11 is 0. The predicted molar refractivity (Wildman–Crippen MR) is 55.2 cm³/mol. The molecule has 0 saturated heterocycles. The van der Waals surface area contributed by atoms with Crippen LogP contribution in [0.4, 0.5) is 0 Å². The van der Waals surface area contributed by atoms with Crippen molar-refractivity contribution in [2.75, 3.05) is 0 Å². The molecule has 0 aliphatic heterocycles. The number of hydrogen-bond acceptors (Lipinski definition) is 0. The van der Waals surface area contributed by atoms with Crippen molar-refractivity contribution >= 4 is 0 Å². The summed E-state index contributed by atoms with van der Waals surface area (Å²) in [6.07, 6.45) is 6.69. The molecule has 0 aromatic rings. The molecular weight excluding hydrogens is 144 g/mol. The van der Waals surface area contributed by atoms with E-state index in [2.05, 4.69) is 27.7 Å². The minimum absolute atomic E-state index is 0.573. The third-order valence-corrected chi connectivity index (χ3v) is 3.02. The third kappa shape index (κ3) is 2.36. The maximum Gasteiger partial charge on any atom is -0.0266 e. The summed E-state index contributed by atoms with van der Waals surface area (Å²) in [5.74, 6) is 0. The molecule has 1 aliphatic rings. The lowest BCUT2D eigenvalue weighted by molar-refractivity contribution is 0.309. The van der Waals surface area contributed by atoms with Crippen molar-refractivity contribution in [1.82, 2.24) is 0 Å². The maximum absolute atomic E-state index is 2.40. The van der Waals surface area contributed by atoms with E-state index >= 15 is 0 Å². The van der Waals surface area contributed by atoms with Crippen LogP contribution < -0.4 is 0 Å². The molecule has 0 heteroatoms. The summed E-state index contributed by atoms with van der Waals surface area (Å²) in [6.45, 7) is 9.40. The van der Waals surface area contributed by atoms with Gasteiger partial charge in [0.05, 0.1) is 0 Å². The number of rotatable bonds is 2. The second kappa shape index (κ2) is 3.64. The van der Waals surface area contributed by atoms with Gasteiger partial charge >= 0.3 is 0 Å². The largest absolute Gasteiger partial charge is 0.0741 e. The molecule has 0 unspecified atom stereocenters. The highest BCUT2D eigenvalue weighted by molar-refractivity contribution is 5.17. The van der Waals surface area contributed by atoms with Crippen LogP contribution in [-0.4, -0.2) is 0 Å². The van der Waals surface area contributed by atoms with Crippen LogP contribution in [0.5, 0.6) is 0 Å². The lowest BCUT2D eigenvalue weighted by atomic mass is 9.74. The summed E-state index contributed by atoms with van der Waals surface area (Å²) in [5.41, 5.74) is 3.99. The van der Waals surface area contributed by atoms with Gasteiger partial charge in [0, 0.05) is 0 Å². The van der Waals surface area contributed by atoms with Crippen LogP contribution in [0.15, 0.2) is 11.1 Å². The molecule has 1 aliphatic carbocycles. The lowest BCUT2D eigenvalue weighted by Crippen LogP contribution is -2.17. The molecule has 0 aromatic heterocycles. The first-order valence-corrected chi connectivity index (χ1v) is 5.22. The van der Waals surface area contributed by atoms with Gasteiger partial charge in [0.2, 0.25) is 0 Å². The minimum atomic E-state index is 0.573. The summed E-state index contributed by atoms with van der Waals surface area (Å²) in [5, 5.41) is 0. The van der Waals surface area contributed by atoms with Crippen molar-refractivity contribution in [1.29, 1.82) is 0 Å². The Kier molecular flexibility index (Phi) is 2.98. The van der Waals surface area contributed by atoms with Gasteiger partial charge in [0.1, 0.15) is 0 Å². The van der Waals surface area contributed by atoms with Gasteiger partial charge < -0.3 is 0 Å². The third-order valence-electron chi connectivity index (χ3n) is 3.02. The van der Waals surface area contributed by atoms with Crippen LogP contribution in [0.1, 0.15) is 59.8 Å². The van der Waals surface area contributed by atoms with E-state index in [9.17, 15) is 0 Å². The first kappa shape index (κ1) is 9.83. The quantitative estimate of drug-likeness (QED) is 0.536. The molecule has 0 radical (unpaired) electrons. The minimum Gasteiger partial charge on any atom is -0.0741 e. The highest BCUT2D eigenvalue weighted by Crippen LogP contribution is 2.39. The molecule has 0 amide bonds. The van der Waals surface area contributed by atoms with Crippen LogP contribution >= 0.6 is 0 Å². The zero-order valence-corrected chi connectivity index (χ0v) is 9.04. The van der Waals surface area contributed by atoms with Crippen LogP contribution in [0, 0.1) is 5.41 Å². The average molecular weight is 166 g/mol. The molecule has 0 spiro atoms. The van der Waals surface area contributed by atoms with Gasteiger partial charge in [-0.15, -0.1) is 0 Å². The molecule has 0 saturated carbocycles. The number of hydrogen-bond donors (Lipinski definition) is 0. The zero-order chi connectivity index (χ0) is 9.19. The molecule has 1 rings (SSSR count). The molecule has 0 heterocycles. The van der Waals surface area contributed by atoms with Gasteiger partial charge in [-0.1, -0.05) is 38.3 Å². The van der Waals surface area contributed by atoms with E-state index in [-0.39, 0.29) is 0 Å². The molecule has 0 N–H and O–H groups in total. The Morgan fingerprint density at radius 2 is 2.00 bits per heavy atom. The molecule has 70 valence electrons. The Balaban J connectivity index is 2.67. The Hall–Kier alpha value is -0.260. The van der Waals surface area contributed by atoms with Crippen molar-refractivity contribution in [3.63, 3.8) is 0 Å². The topological polar surface area (TPSA) is 0 Å². The van der Waals surface area contributed by atoms with Crippen molar-refractivity contribution in [3.8, 4) is 0 Å². The smallest absolute Gasteiger partial charge is 0.0266 e. The standard InChI is InChI=1S/C12H22/c1-5-6-11-9-12(3,4)8-7-10(11)2/h5-9H2,1-4H3. The van der Waals surface area contributed by atoms with Crippen LogP contribution in [0.25, 0.3) is 0 Å². The molecular formula is C12H22. The van der Waals surface area contributed by atoms with Gasteiger partial charge in [0.15, 0.2) is 0 Å². The first-order chi connectivity index (χ1) is 5.55. The highest BCUT2D eigenvalue weighted by Gasteiger charge is 2.24. The van der Waals surface area contributed by atoms with Crippen LogP contribution in [0.3, 0.4) is 0 Å². The zero-order valence-electron chi connectivity index (χ0n) is 9.04. The predicted octanol–water partition coefficient (Wildman–Crippen LogP) is 4.31. The second-order valence-electron chi connectivity index (χ2n) is 4.97. The summed E-state index contributed by atoms with van der Waals surface area (Å²) < 4.78 is 0. The lowest BCUT2D eigenvalue weighted by Gasteiger charge is -2.32. The highest BCUT2D eigenvalue weighted by atomic mass is 14.3. The normalized spacial score (nSPS) is 23.0. The van der Waals surface area contributed by atoms with E-state index in [1.807, 2.05) is 0 Å². The molecule has 0 atom stereocenters. The van der Waals surface area contributed by atoms with Crippen molar-refractivity contribution in [3.05, 3.63) is 11.1 Å². The van der Waals surface area contributed by atoms with Crippen LogP contribution in [-0.2, 0) is 0 Å². The molecule has 0 bridgehead atoms. The summed E-state index contributed by atoms with van der Waals surface area (Å²) in [6, 6.07) is 0. The fraction of sp³-hybridized carbons (Fsp3) is 0.833. The van der Waals surface area contributed by atoms with Crippen molar-refractivity contribution < 1.29 is 0 Å². The maximum atomic E-state index is 2.40. The van der Waals surface area contributed by atoms with Gasteiger partial charge in [-0.2, -0.15) is 0 Å². The monoisotopic (exact) mass is 166 g/mol. The van der Waals surface area contributed by atoms with E-state index in [4.69, 9.17) is 0 Å². The van der Waals surface area contributed by atoms with Crippen LogP contribution in [0.2, 0.25) is 0 Å². The van der Waals surface area contributed by atoms with E-state index < -0.39 is 0 Å². The van der Waals surface area contributed by atoms with E-state index in [1.165, 1.54) is 32.1 Å². The van der Waals surface area contributed by atoms with E-state index in [0.717, 1.165) is 0 Å². The Morgan fingerprint density at radius 3 is 2.58 bits per heavy atom. The first-order valence-electron chi connectivity index (χ1n) is 5.22. The molecule has 12 heavy (non-hydrogen) atoms. The fourth-order valence-corrected chi connectivity index (χ4v) is 2.12. The Labute approximate surface area is 77.1 Å². The van der Waals surface area contributed by atoms with E-state index in [1.54, 1.807) is 11.1 Å². The van der Waals surface area contributed by atoms with Gasteiger partial charge in [-0.3, -0.25) is 0 Å². The fourth-order valence-electron chi connectivity index (χ4n) is 2.12.